The maximum Gasteiger partial charge on any atom is 0.351 e. The second-order valence-electron chi connectivity index (χ2n) is 7.84. The monoisotopic (exact) mass is 388 g/mol. The number of methoxy groups -OCH3 is 1. The number of Topliss-reactive ketones (excluding diaryl/α,β-unsaturated/α-hetero) is 1. The summed E-state index contributed by atoms with van der Waals surface area (Å²) in [7, 11) is 1.44. The number of carbonyl (C=O) groups excluding carboxylic acids is 3. The molecule has 1 aromatic carbocycles. The number of hydrogen-bond acceptors (Lipinski definition) is 7. The maximum absolute atomic E-state index is 13.0. The molecule has 150 valence electrons. The molecule has 0 aromatic heterocycles. The molecule has 0 aliphatic carbocycles. The van der Waals surface area contributed by atoms with Crippen LogP contribution in [0.15, 0.2) is 24.3 Å². The summed E-state index contributed by atoms with van der Waals surface area (Å²) in [6.07, 6.45) is 2.18. The first-order valence-electron chi connectivity index (χ1n) is 9.10. The Morgan fingerprint density at radius 3 is 2.54 bits per heavy atom. The van der Waals surface area contributed by atoms with Crippen molar-refractivity contribution in [2.24, 2.45) is 0 Å². The van der Waals surface area contributed by atoms with E-state index in [0.29, 0.717) is 23.3 Å². The van der Waals surface area contributed by atoms with Gasteiger partial charge in [-0.05, 0) is 51.0 Å². The number of benzene rings is 1. The molecule has 2 heterocycles. The zero-order valence-electron chi connectivity index (χ0n) is 16.7. The first-order chi connectivity index (χ1) is 13.1. The molecule has 2 aliphatic heterocycles. The van der Waals surface area contributed by atoms with E-state index < -0.39 is 23.1 Å². The first-order valence-corrected chi connectivity index (χ1v) is 9.10. The highest BCUT2D eigenvalue weighted by molar-refractivity contribution is 6.20. The second kappa shape index (κ2) is 7.05. The van der Waals surface area contributed by atoms with Gasteiger partial charge in [-0.15, -0.1) is 0 Å². The van der Waals surface area contributed by atoms with E-state index in [1.54, 1.807) is 45.0 Å². The van der Waals surface area contributed by atoms with Crippen molar-refractivity contribution in [1.82, 2.24) is 0 Å². The number of hydrogen-bond donors (Lipinski definition) is 0. The number of esters is 2. The van der Waals surface area contributed by atoms with E-state index in [1.165, 1.54) is 14.0 Å². The van der Waals surface area contributed by atoms with E-state index in [-0.39, 0.29) is 24.1 Å². The predicted octanol–water partition coefficient (Wildman–Crippen LogP) is 2.85. The van der Waals surface area contributed by atoms with Gasteiger partial charge in [0.15, 0.2) is 17.3 Å². The van der Waals surface area contributed by atoms with E-state index >= 15 is 0 Å². The third-order valence-electron chi connectivity index (χ3n) is 4.52. The molecule has 0 unspecified atom stereocenters. The highest BCUT2D eigenvalue weighted by atomic mass is 16.6. The lowest BCUT2D eigenvalue weighted by molar-refractivity contribution is -0.184. The van der Waals surface area contributed by atoms with Gasteiger partial charge in [0.1, 0.15) is 5.60 Å². The fourth-order valence-electron chi connectivity index (χ4n) is 3.43. The van der Waals surface area contributed by atoms with Crippen LogP contribution in [0.1, 0.15) is 46.1 Å². The van der Waals surface area contributed by atoms with Crippen LogP contribution in [0.25, 0.3) is 5.57 Å². The van der Waals surface area contributed by atoms with Gasteiger partial charge in [0.05, 0.1) is 13.2 Å². The number of ether oxygens (including phenoxy) is 4. The Labute approximate surface area is 163 Å². The summed E-state index contributed by atoms with van der Waals surface area (Å²) < 4.78 is 21.9. The van der Waals surface area contributed by atoms with Crippen molar-refractivity contribution >= 4 is 23.3 Å². The van der Waals surface area contributed by atoms with Gasteiger partial charge in [-0.3, -0.25) is 9.59 Å². The van der Waals surface area contributed by atoms with Gasteiger partial charge < -0.3 is 18.9 Å². The highest BCUT2D eigenvalue weighted by Crippen LogP contribution is 2.47. The molecular weight excluding hydrogens is 364 g/mol. The highest BCUT2D eigenvalue weighted by Gasteiger charge is 2.59. The molecule has 0 spiro atoms. The summed E-state index contributed by atoms with van der Waals surface area (Å²) in [6.45, 7) is 6.50. The van der Waals surface area contributed by atoms with Gasteiger partial charge in [-0.1, -0.05) is 6.07 Å². The molecular formula is C21H24O7. The smallest absolute Gasteiger partial charge is 0.351 e. The van der Waals surface area contributed by atoms with Crippen molar-refractivity contribution in [3.63, 3.8) is 0 Å². The number of fused-ring (bicyclic) bond motifs is 2. The van der Waals surface area contributed by atoms with Crippen molar-refractivity contribution in [3.8, 4) is 11.5 Å². The topological polar surface area (TPSA) is 88.1 Å². The van der Waals surface area contributed by atoms with Crippen molar-refractivity contribution < 1.29 is 33.3 Å². The van der Waals surface area contributed by atoms with Crippen LogP contribution in [0.4, 0.5) is 0 Å². The van der Waals surface area contributed by atoms with Crippen molar-refractivity contribution in [2.75, 3.05) is 7.11 Å². The molecule has 2 bridgehead atoms. The first kappa shape index (κ1) is 20.1. The molecule has 0 N–H and O–H groups in total. The Morgan fingerprint density at radius 1 is 1.21 bits per heavy atom. The van der Waals surface area contributed by atoms with Gasteiger partial charge in [0, 0.05) is 18.9 Å². The molecule has 1 saturated heterocycles. The van der Waals surface area contributed by atoms with Gasteiger partial charge in [0.25, 0.3) is 0 Å². The average molecular weight is 388 g/mol. The normalized spacial score (nSPS) is 23.8. The van der Waals surface area contributed by atoms with E-state index in [4.69, 9.17) is 18.9 Å². The fourth-order valence-corrected chi connectivity index (χ4v) is 3.43. The minimum absolute atomic E-state index is 0.229. The van der Waals surface area contributed by atoms with Crippen LogP contribution >= 0.6 is 0 Å². The van der Waals surface area contributed by atoms with Crippen LogP contribution in [0.5, 0.6) is 11.5 Å². The summed E-state index contributed by atoms with van der Waals surface area (Å²) in [5, 5.41) is 0. The molecule has 7 heteroatoms. The number of ketones is 1. The quantitative estimate of drug-likeness (QED) is 0.445. The maximum atomic E-state index is 13.0. The van der Waals surface area contributed by atoms with Crippen molar-refractivity contribution in [1.29, 1.82) is 0 Å². The minimum atomic E-state index is -1.79. The molecule has 0 radical (unpaired) electrons. The Balaban J connectivity index is 2.06. The summed E-state index contributed by atoms with van der Waals surface area (Å²) in [5.74, 6) is -0.974. The Morgan fingerprint density at radius 2 is 1.93 bits per heavy atom. The summed E-state index contributed by atoms with van der Waals surface area (Å²) in [6, 6.07) is 4.84. The third kappa shape index (κ3) is 3.54. The molecule has 0 saturated carbocycles. The zero-order valence-corrected chi connectivity index (χ0v) is 16.7. The molecule has 1 aromatic rings. The van der Waals surface area contributed by atoms with Gasteiger partial charge in [-0.2, -0.15) is 0 Å². The van der Waals surface area contributed by atoms with E-state index in [0.717, 1.165) is 0 Å². The second-order valence-corrected chi connectivity index (χ2v) is 7.84. The SMILES string of the molecule is COc1cc(C2=C[C@H]3CCC(=O)[C@]2(C(=O)OC(C)(C)C)O3)ccc1OC(C)=O. The van der Waals surface area contributed by atoms with Crippen LogP contribution < -0.4 is 9.47 Å². The molecule has 7 nitrogen and oxygen atoms in total. The Kier molecular flexibility index (Phi) is 5.06. The fraction of sp³-hybridized carbons (Fsp3) is 0.476. The van der Waals surface area contributed by atoms with Crippen molar-refractivity contribution in [3.05, 3.63) is 29.8 Å². The average Bonchev–Trinajstić information content (AvgIpc) is 2.93. The predicted molar refractivity (Wildman–Crippen MR) is 100.0 cm³/mol. The Hall–Kier alpha value is -2.67. The number of rotatable bonds is 4. The van der Waals surface area contributed by atoms with E-state index in [9.17, 15) is 14.4 Å². The molecule has 2 aliphatic rings. The van der Waals surface area contributed by atoms with Gasteiger partial charge in [0.2, 0.25) is 5.60 Å². The molecule has 0 amide bonds. The van der Waals surface area contributed by atoms with Gasteiger partial charge >= 0.3 is 11.9 Å². The third-order valence-corrected chi connectivity index (χ3v) is 4.52. The standard InChI is InChI=1S/C21H24O7/c1-12(22)26-16-8-6-13(10-17(16)25-5)15-11-14-7-9-18(23)21(15,27-14)19(24)28-20(2,3)4/h6,8,10-11,14H,7,9H2,1-5H3/t14-,21-/m1/s1. The minimum Gasteiger partial charge on any atom is -0.493 e. The van der Waals surface area contributed by atoms with Gasteiger partial charge in [-0.25, -0.2) is 4.79 Å². The number of carbonyl (C=O) groups is 3. The lowest BCUT2D eigenvalue weighted by Gasteiger charge is -2.35. The summed E-state index contributed by atoms with van der Waals surface area (Å²) >= 11 is 0. The Bertz CT molecular complexity index is 862. The summed E-state index contributed by atoms with van der Waals surface area (Å²) in [5.41, 5.74) is -1.56. The van der Waals surface area contributed by atoms with Crippen LogP contribution in [-0.4, -0.2) is 42.1 Å². The van der Waals surface area contributed by atoms with Crippen molar-refractivity contribution in [2.45, 2.75) is 57.8 Å². The molecule has 3 rings (SSSR count). The van der Waals surface area contributed by atoms with Crippen LogP contribution in [0, 0.1) is 0 Å². The van der Waals surface area contributed by atoms with E-state index in [1.807, 2.05) is 0 Å². The zero-order chi connectivity index (χ0) is 20.7. The molecule has 1 fully saturated rings. The van der Waals surface area contributed by atoms with E-state index in [2.05, 4.69) is 0 Å². The lowest BCUT2D eigenvalue weighted by atomic mass is 9.84. The van der Waals surface area contributed by atoms with Crippen LogP contribution in [-0.2, 0) is 23.9 Å². The summed E-state index contributed by atoms with van der Waals surface area (Å²) in [4.78, 5) is 37.2. The lowest BCUT2D eigenvalue weighted by Crippen LogP contribution is -2.53. The largest absolute Gasteiger partial charge is 0.493 e. The molecule has 2 atom stereocenters. The molecule has 28 heavy (non-hydrogen) atoms. The van der Waals surface area contributed by atoms with Crippen LogP contribution in [0.3, 0.4) is 0 Å². The van der Waals surface area contributed by atoms with Crippen LogP contribution in [0.2, 0.25) is 0 Å².